The Labute approximate surface area is 190 Å². The van der Waals surface area contributed by atoms with Crippen LogP contribution < -0.4 is 10.6 Å². The predicted octanol–water partition coefficient (Wildman–Crippen LogP) is 4.46. The van der Waals surface area contributed by atoms with E-state index >= 15 is 4.39 Å². The number of benzene rings is 1. The summed E-state index contributed by atoms with van der Waals surface area (Å²) in [6, 6.07) is 3.42. The van der Waals surface area contributed by atoms with E-state index in [4.69, 9.17) is 0 Å². The Morgan fingerprint density at radius 3 is 2.52 bits per heavy atom. The van der Waals surface area contributed by atoms with Gasteiger partial charge in [-0.1, -0.05) is 0 Å². The van der Waals surface area contributed by atoms with E-state index in [1.165, 1.54) is 4.57 Å². The van der Waals surface area contributed by atoms with Crippen LogP contribution >= 0.6 is 0 Å². The van der Waals surface area contributed by atoms with E-state index in [0.29, 0.717) is 23.5 Å². The number of nitrogens with zero attached hydrogens (tertiary/aromatic N) is 5. The number of aryl methyl sites for hydroxylation is 2. The van der Waals surface area contributed by atoms with Gasteiger partial charge in [-0.15, -0.1) is 0 Å². The first kappa shape index (κ1) is 21.9. The van der Waals surface area contributed by atoms with Crippen molar-refractivity contribution in [3.63, 3.8) is 0 Å². The smallest absolute Gasteiger partial charge is 0.333 e. The number of aromatic nitrogens is 4. The summed E-state index contributed by atoms with van der Waals surface area (Å²) in [7, 11) is 0. The monoisotopic (exact) mass is 459 g/mol. The van der Waals surface area contributed by atoms with E-state index < -0.39 is 11.7 Å². The van der Waals surface area contributed by atoms with Crippen molar-refractivity contribution >= 4 is 5.69 Å². The molecule has 1 saturated carbocycles. The van der Waals surface area contributed by atoms with Crippen LogP contribution in [0.3, 0.4) is 0 Å². The van der Waals surface area contributed by atoms with E-state index in [1.54, 1.807) is 33.8 Å². The Bertz CT molecular complexity index is 1230. The minimum absolute atomic E-state index is 0.119. The lowest BCUT2D eigenvalue weighted by Gasteiger charge is -2.34. The number of halogens is 3. The third kappa shape index (κ3) is 4.20. The van der Waals surface area contributed by atoms with Crippen LogP contribution in [0.2, 0.25) is 0 Å². The molecule has 2 aliphatic rings. The van der Waals surface area contributed by atoms with Crippen molar-refractivity contribution < 1.29 is 13.2 Å². The van der Waals surface area contributed by atoms with Gasteiger partial charge in [0.05, 0.1) is 18.4 Å². The first-order chi connectivity index (χ1) is 15.8. The molecule has 0 N–H and O–H groups in total. The summed E-state index contributed by atoms with van der Waals surface area (Å²) < 4.78 is 47.7. The van der Waals surface area contributed by atoms with Crippen LogP contribution in [0.25, 0.3) is 5.69 Å². The van der Waals surface area contributed by atoms with Gasteiger partial charge < -0.3 is 4.90 Å². The second kappa shape index (κ2) is 8.11. The Balaban J connectivity index is 1.53. The number of piperidine rings is 1. The number of anilines is 1. The molecule has 3 aromatic rings. The Kier molecular flexibility index (Phi) is 5.37. The Morgan fingerprint density at radius 2 is 1.88 bits per heavy atom. The second-order valence-corrected chi connectivity index (χ2v) is 9.20. The van der Waals surface area contributed by atoms with Gasteiger partial charge in [0.2, 0.25) is 0 Å². The highest BCUT2D eigenvalue weighted by Gasteiger charge is 2.35. The van der Waals surface area contributed by atoms with Crippen molar-refractivity contribution in [2.24, 2.45) is 0 Å². The maximum atomic E-state index is 15.6. The van der Waals surface area contributed by atoms with Gasteiger partial charge >= 0.3 is 5.69 Å². The topological polar surface area (TPSA) is 48.0 Å². The Hall–Kier alpha value is -2.97. The molecule has 1 aromatic carbocycles. The molecule has 176 valence electrons. The summed E-state index contributed by atoms with van der Waals surface area (Å²) in [6.45, 7) is 5.30. The fraction of sp³-hybridized carbons (Fsp3) is 0.500. The highest BCUT2D eigenvalue weighted by atomic mass is 19.3. The maximum absolute atomic E-state index is 15.6. The molecule has 0 atom stereocenters. The first-order valence-corrected chi connectivity index (χ1v) is 11.5. The molecule has 9 heteroatoms. The molecule has 1 aliphatic carbocycles. The van der Waals surface area contributed by atoms with Gasteiger partial charge in [0.15, 0.2) is 5.82 Å². The number of rotatable bonds is 6. The normalized spacial score (nSPS) is 18.2. The molecule has 0 radical (unpaired) electrons. The average molecular weight is 460 g/mol. The van der Waals surface area contributed by atoms with Crippen LogP contribution in [0.15, 0.2) is 35.5 Å². The lowest BCUT2D eigenvalue weighted by atomic mass is 10.0. The van der Waals surface area contributed by atoms with Crippen molar-refractivity contribution in [3.8, 4) is 5.69 Å². The number of hydrogen-bond acceptors (Lipinski definition) is 3. The standard InChI is InChI=1S/C24H28F3N5O/c1-3-30-14-17(12-28-30)15-31-16(2)13-32(23(31)33)21-11-19(10-20(22(21)25)18-4-5-18)29-8-6-24(26,27)7-9-29/h10-14,18H,3-9,15H2,1-2H3. The van der Waals surface area contributed by atoms with E-state index in [2.05, 4.69) is 5.10 Å². The summed E-state index contributed by atoms with van der Waals surface area (Å²) in [5.74, 6) is -2.94. The summed E-state index contributed by atoms with van der Waals surface area (Å²) >= 11 is 0. The van der Waals surface area contributed by atoms with Crippen LogP contribution in [0.1, 0.15) is 55.3 Å². The van der Waals surface area contributed by atoms with Crippen LogP contribution in [-0.4, -0.2) is 37.9 Å². The first-order valence-electron chi connectivity index (χ1n) is 11.5. The van der Waals surface area contributed by atoms with Crippen molar-refractivity contribution in [2.75, 3.05) is 18.0 Å². The minimum Gasteiger partial charge on any atom is -0.371 e. The van der Waals surface area contributed by atoms with Crippen molar-refractivity contribution in [1.82, 2.24) is 18.9 Å². The van der Waals surface area contributed by atoms with E-state index in [-0.39, 0.29) is 43.2 Å². The van der Waals surface area contributed by atoms with Gasteiger partial charge in [0, 0.05) is 61.8 Å². The third-order valence-electron chi connectivity index (χ3n) is 6.73. The largest absolute Gasteiger partial charge is 0.371 e. The SMILES string of the molecule is CCn1cc(Cn2c(C)cn(-c3cc(N4CCC(F)(F)CC4)cc(C4CC4)c3F)c2=O)cn1. The van der Waals surface area contributed by atoms with Gasteiger partial charge in [0.25, 0.3) is 5.92 Å². The second-order valence-electron chi connectivity index (χ2n) is 9.20. The van der Waals surface area contributed by atoms with Gasteiger partial charge in [-0.2, -0.15) is 5.10 Å². The summed E-state index contributed by atoms with van der Waals surface area (Å²) in [4.78, 5) is 15.2. The zero-order chi connectivity index (χ0) is 23.3. The highest BCUT2D eigenvalue weighted by Crippen LogP contribution is 2.44. The molecule has 5 rings (SSSR count). The fourth-order valence-electron chi connectivity index (χ4n) is 4.56. The summed E-state index contributed by atoms with van der Waals surface area (Å²) in [5.41, 5.74) is 2.72. The zero-order valence-electron chi connectivity index (χ0n) is 18.9. The van der Waals surface area contributed by atoms with Crippen LogP contribution in [0, 0.1) is 12.7 Å². The van der Waals surface area contributed by atoms with E-state index in [1.807, 2.05) is 24.9 Å². The summed E-state index contributed by atoms with van der Waals surface area (Å²) in [5, 5.41) is 4.26. The van der Waals surface area contributed by atoms with Gasteiger partial charge in [-0.3, -0.25) is 13.8 Å². The van der Waals surface area contributed by atoms with E-state index in [0.717, 1.165) is 24.9 Å². The molecule has 0 unspecified atom stereocenters. The highest BCUT2D eigenvalue weighted by molar-refractivity contribution is 5.58. The predicted molar refractivity (Wildman–Crippen MR) is 120 cm³/mol. The zero-order valence-corrected chi connectivity index (χ0v) is 18.9. The van der Waals surface area contributed by atoms with Crippen LogP contribution in [0.4, 0.5) is 18.9 Å². The lowest BCUT2D eigenvalue weighted by molar-refractivity contribution is -0.0220. The molecule has 0 amide bonds. The van der Waals surface area contributed by atoms with Crippen LogP contribution in [-0.2, 0) is 13.1 Å². The fourth-order valence-corrected chi connectivity index (χ4v) is 4.56. The molecule has 33 heavy (non-hydrogen) atoms. The molecule has 0 bridgehead atoms. The Morgan fingerprint density at radius 1 is 1.15 bits per heavy atom. The molecule has 1 saturated heterocycles. The van der Waals surface area contributed by atoms with Gasteiger partial charge in [-0.25, -0.2) is 18.0 Å². The number of hydrogen-bond donors (Lipinski definition) is 0. The molecule has 2 aromatic heterocycles. The molecular weight excluding hydrogens is 431 g/mol. The van der Waals surface area contributed by atoms with Crippen LogP contribution in [0.5, 0.6) is 0 Å². The van der Waals surface area contributed by atoms with Crippen molar-refractivity contribution in [2.45, 2.75) is 64.5 Å². The summed E-state index contributed by atoms with van der Waals surface area (Å²) in [6.07, 6.45) is 6.62. The molecule has 3 heterocycles. The average Bonchev–Trinajstić information content (AvgIpc) is 3.46. The number of imidazole rings is 1. The number of alkyl halides is 2. The minimum atomic E-state index is -2.66. The van der Waals surface area contributed by atoms with Gasteiger partial charge in [0.1, 0.15) is 0 Å². The van der Waals surface area contributed by atoms with E-state index in [9.17, 15) is 13.6 Å². The molecule has 2 fully saturated rings. The molecule has 1 aliphatic heterocycles. The third-order valence-corrected chi connectivity index (χ3v) is 6.73. The maximum Gasteiger partial charge on any atom is 0.333 e. The van der Waals surface area contributed by atoms with Gasteiger partial charge in [-0.05, 0) is 50.3 Å². The lowest BCUT2D eigenvalue weighted by Crippen LogP contribution is -2.39. The van der Waals surface area contributed by atoms with Crippen molar-refractivity contribution in [1.29, 1.82) is 0 Å². The molecule has 0 spiro atoms. The molecule has 6 nitrogen and oxygen atoms in total. The van der Waals surface area contributed by atoms with Crippen molar-refractivity contribution in [3.05, 3.63) is 63.8 Å². The molecular formula is C24H28F3N5O. The quantitative estimate of drug-likeness (QED) is 0.547.